The van der Waals surface area contributed by atoms with Crippen molar-refractivity contribution in [2.45, 2.75) is 45.4 Å². The van der Waals surface area contributed by atoms with Crippen LogP contribution in [0.4, 0.5) is 0 Å². The summed E-state index contributed by atoms with van der Waals surface area (Å²) < 4.78 is 27.4. The van der Waals surface area contributed by atoms with Gasteiger partial charge in [0.05, 0.1) is 0 Å². The van der Waals surface area contributed by atoms with Gasteiger partial charge < -0.3 is 0 Å². The van der Waals surface area contributed by atoms with Gasteiger partial charge in [0.1, 0.15) is 0 Å². The molecule has 0 atom stereocenters. The molecule has 1 N–H and O–H groups in total. The van der Waals surface area contributed by atoms with Crippen molar-refractivity contribution < 1.29 is 13.2 Å². The zero-order valence-corrected chi connectivity index (χ0v) is 10.8. The molecule has 1 aliphatic heterocycles. The number of rotatable bonds is 3. The van der Waals surface area contributed by atoms with Crippen LogP contribution in [0.15, 0.2) is 11.3 Å². The standard InChI is InChI=1S/C11H18N2O3S/c1-2-3-8-13-11(14)9-6-4-5-7-10(9)12-17(13,15)16/h12H,2-8H2,1H3. The minimum atomic E-state index is -3.64. The fourth-order valence-electron chi connectivity index (χ4n) is 2.25. The van der Waals surface area contributed by atoms with Crippen molar-refractivity contribution in [2.24, 2.45) is 0 Å². The van der Waals surface area contributed by atoms with Crippen LogP contribution in [0.5, 0.6) is 0 Å². The lowest BCUT2D eigenvalue weighted by Gasteiger charge is -2.32. The maximum atomic E-state index is 12.1. The fourth-order valence-corrected chi connectivity index (χ4v) is 3.59. The Bertz CT molecular complexity index is 453. The molecule has 2 aliphatic rings. The van der Waals surface area contributed by atoms with Crippen LogP contribution in [-0.4, -0.2) is 25.2 Å². The van der Waals surface area contributed by atoms with Crippen LogP contribution in [0.1, 0.15) is 45.4 Å². The Kier molecular flexibility index (Phi) is 3.42. The van der Waals surface area contributed by atoms with Crippen molar-refractivity contribution in [1.29, 1.82) is 0 Å². The summed E-state index contributed by atoms with van der Waals surface area (Å²) in [7, 11) is -3.64. The molecule has 0 aromatic heterocycles. The van der Waals surface area contributed by atoms with E-state index >= 15 is 0 Å². The number of allylic oxidation sites excluding steroid dienone is 1. The first-order chi connectivity index (χ1) is 8.06. The van der Waals surface area contributed by atoms with Crippen molar-refractivity contribution in [3.05, 3.63) is 11.3 Å². The number of hydrogen-bond acceptors (Lipinski definition) is 3. The van der Waals surface area contributed by atoms with Gasteiger partial charge in [0.25, 0.3) is 5.91 Å². The van der Waals surface area contributed by atoms with E-state index in [0.717, 1.165) is 23.6 Å². The molecule has 0 saturated carbocycles. The fraction of sp³-hybridized carbons (Fsp3) is 0.727. The largest absolute Gasteiger partial charge is 0.326 e. The summed E-state index contributed by atoms with van der Waals surface area (Å²) >= 11 is 0. The third-order valence-electron chi connectivity index (χ3n) is 3.21. The highest BCUT2D eigenvalue weighted by molar-refractivity contribution is 7.88. The quantitative estimate of drug-likeness (QED) is 0.829. The van der Waals surface area contributed by atoms with Crippen molar-refractivity contribution >= 4 is 16.1 Å². The Labute approximate surface area is 102 Å². The number of nitrogens with one attached hydrogen (secondary N) is 1. The summed E-state index contributed by atoms with van der Waals surface area (Å²) in [5, 5.41) is 0. The van der Waals surface area contributed by atoms with E-state index in [2.05, 4.69) is 4.72 Å². The van der Waals surface area contributed by atoms with E-state index in [4.69, 9.17) is 0 Å². The molecule has 96 valence electrons. The lowest BCUT2D eigenvalue weighted by molar-refractivity contribution is -0.123. The van der Waals surface area contributed by atoms with Gasteiger partial charge >= 0.3 is 10.2 Å². The van der Waals surface area contributed by atoms with E-state index in [1.165, 1.54) is 0 Å². The Morgan fingerprint density at radius 1 is 1.29 bits per heavy atom. The summed E-state index contributed by atoms with van der Waals surface area (Å²) in [4.78, 5) is 12.1. The van der Waals surface area contributed by atoms with Crippen molar-refractivity contribution in [3.8, 4) is 0 Å². The average molecular weight is 258 g/mol. The van der Waals surface area contributed by atoms with Gasteiger partial charge in [-0.2, -0.15) is 8.42 Å². The van der Waals surface area contributed by atoms with Gasteiger partial charge in [-0.25, -0.2) is 4.31 Å². The topological polar surface area (TPSA) is 66.5 Å². The Balaban J connectivity index is 2.30. The second kappa shape index (κ2) is 4.68. The predicted molar refractivity (Wildman–Crippen MR) is 64.2 cm³/mol. The highest BCUT2D eigenvalue weighted by Crippen LogP contribution is 2.29. The summed E-state index contributed by atoms with van der Waals surface area (Å²) in [5.41, 5.74) is 1.29. The van der Waals surface area contributed by atoms with Crippen molar-refractivity contribution in [2.75, 3.05) is 6.54 Å². The smallest absolute Gasteiger partial charge is 0.270 e. The molecule has 17 heavy (non-hydrogen) atoms. The number of carbonyl (C=O) groups is 1. The molecule has 5 nitrogen and oxygen atoms in total. The summed E-state index contributed by atoms with van der Waals surface area (Å²) in [6, 6.07) is 0. The first-order valence-electron chi connectivity index (χ1n) is 6.13. The SMILES string of the molecule is CCCCN1C(=O)C2=C(CCCC2)NS1(=O)=O. The third kappa shape index (κ3) is 2.31. The molecule has 0 radical (unpaired) electrons. The molecular weight excluding hydrogens is 240 g/mol. The van der Waals surface area contributed by atoms with Gasteiger partial charge in [-0.3, -0.25) is 9.52 Å². The molecule has 0 spiro atoms. The van der Waals surface area contributed by atoms with Gasteiger partial charge in [0, 0.05) is 17.8 Å². The van der Waals surface area contributed by atoms with E-state index in [9.17, 15) is 13.2 Å². The molecule has 0 aromatic rings. The van der Waals surface area contributed by atoms with Crippen LogP contribution in [0, 0.1) is 0 Å². The molecule has 1 heterocycles. The Morgan fingerprint density at radius 2 is 2.00 bits per heavy atom. The molecular formula is C11H18N2O3S. The molecule has 2 rings (SSSR count). The Hall–Kier alpha value is -1.04. The van der Waals surface area contributed by atoms with Gasteiger partial charge in [0.2, 0.25) is 0 Å². The van der Waals surface area contributed by atoms with E-state index in [-0.39, 0.29) is 12.5 Å². The van der Waals surface area contributed by atoms with Crippen LogP contribution in [0.3, 0.4) is 0 Å². The lowest BCUT2D eigenvalue weighted by Crippen LogP contribution is -2.50. The molecule has 1 amide bonds. The number of amides is 1. The average Bonchev–Trinajstić information content (AvgIpc) is 2.28. The summed E-state index contributed by atoms with van der Waals surface area (Å²) in [5.74, 6) is -0.313. The zero-order valence-electron chi connectivity index (χ0n) is 10.0. The monoisotopic (exact) mass is 258 g/mol. The Morgan fingerprint density at radius 3 is 2.71 bits per heavy atom. The van der Waals surface area contributed by atoms with E-state index < -0.39 is 10.2 Å². The lowest BCUT2D eigenvalue weighted by atomic mass is 9.96. The van der Waals surface area contributed by atoms with Crippen LogP contribution >= 0.6 is 0 Å². The predicted octanol–water partition coefficient (Wildman–Crippen LogP) is 1.29. The maximum Gasteiger partial charge on any atom is 0.326 e. The third-order valence-corrected chi connectivity index (χ3v) is 4.64. The van der Waals surface area contributed by atoms with Crippen LogP contribution < -0.4 is 4.72 Å². The van der Waals surface area contributed by atoms with Crippen LogP contribution in [-0.2, 0) is 15.0 Å². The second-order valence-electron chi connectivity index (χ2n) is 4.50. The molecule has 1 aliphatic carbocycles. The van der Waals surface area contributed by atoms with Gasteiger partial charge in [0.15, 0.2) is 0 Å². The number of hydrogen-bond donors (Lipinski definition) is 1. The highest BCUT2D eigenvalue weighted by atomic mass is 32.2. The number of nitrogens with zero attached hydrogens (tertiary/aromatic N) is 1. The first-order valence-corrected chi connectivity index (χ1v) is 7.57. The summed E-state index contributed by atoms with van der Waals surface area (Å²) in [6.07, 6.45) is 4.85. The minimum Gasteiger partial charge on any atom is -0.270 e. The summed E-state index contributed by atoms with van der Waals surface area (Å²) in [6.45, 7) is 2.25. The molecule has 0 bridgehead atoms. The maximum absolute atomic E-state index is 12.1. The highest BCUT2D eigenvalue weighted by Gasteiger charge is 2.37. The van der Waals surface area contributed by atoms with Crippen molar-refractivity contribution in [3.63, 3.8) is 0 Å². The second-order valence-corrected chi connectivity index (χ2v) is 6.10. The van der Waals surface area contributed by atoms with Gasteiger partial charge in [-0.1, -0.05) is 13.3 Å². The van der Waals surface area contributed by atoms with Gasteiger partial charge in [-0.05, 0) is 32.1 Å². The zero-order chi connectivity index (χ0) is 12.5. The molecule has 0 aromatic carbocycles. The van der Waals surface area contributed by atoms with E-state index in [1.54, 1.807) is 0 Å². The normalized spacial score (nSPS) is 23.4. The van der Waals surface area contributed by atoms with E-state index in [0.29, 0.717) is 30.5 Å². The molecule has 6 heteroatoms. The van der Waals surface area contributed by atoms with Crippen molar-refractivity contribution in [1.82, 2.24) is 9.03 Å². The number of carbonyl (C=O) groups excluding carboxylic acids is 1. The molecule has 0 saturated heterocycles. The molecule has 0 unspecified atom stereocenters. The van der Waals surface area contributed by atoms with Crippen LogP contribution in [0.2, 0.25) is 0 Å². The van der Waals surface area contributed by atoms with Crippen LogP contribution in [0.25, 0.3) is 0 Å². The molecule has 0 fully saturated rings. The number of unbranched alkanes of at least 4 members (excludes halogenated alkanes) is 1. The minimum absolute atomic E-state index is 0.279. The first kappa shape index (κ1) is 12.4. The van der Waals surface area contributed by atoms with Gasteiger partial charge in [-0.15, -0.1) is 0 Å². The van der Waals surface area contributed by atoms with E-state index in [1.807, 2.05) is 6.92 Å².